The molecule has 0 aliphatic rings. The largest absolute Gasteiger partial charge is 0.433 e. The Morgan fingerprint density at radius 1 is 1.05 bits per heavy atom. The van der Waals surface area contributed by atoms with Crippen molar-refractivity contribution >= 4 is 28.9 Å². The Labute approximate surface area is 123 Å². The first-order chi connectivity index (χ1) is 9.36. The quantitative estimate of drug-likeness (QED) is 0.859. The first-order valence-corrected chi connectivity index (χ1v) is 6.33. The Hall–Kier alpha value is -1.46. The van der Waals surface area contributed by atoms with E-state index in [4.69, 9.17) is 23.2 Å². The number of hydrogen-bond donors (Lipinski definition) is 1. The van der Waals surface area contributed by atoms with Crippen molar-refractivity contribution in [1.29, 1.82) is 0 Å². The van der Waals surface area contributed by atoms with Gasteiger partial charge in [0, 0.05) is 6.54 Å². The molecule has 0 bridgehead atoms. The summed E-state index contributed by atoms with van der Waals surface area (Å²) in [5.41, 5.74) is 0.431. The van der Waals surface area contributed by atoms with Crippen LogP contribution in [0.15, 0.2) is 36.5 Å². The van der Waals surface area contributed by atoms with Gasteiger partial charge in [-0.3, -0.25) is 0 Å². The lowest BCUT2D eigenvalue weighted by Gasteiger charge is -2.09. The molecule has 2 nitrogen and oxygen atoms in total. The fourth-order valence-corrected chi connectivity index (χ4v) is 1.84. The molecular formula is C13H9Cl2F3N2. The van der Waals surface area contributed by atoms with E-state index in [0.717, 1.165) is 17.8 Å². The highest BCUT2D eigenvalue weighted by molar-refractivity contribution is 6.42. The second kappa shape index (κ2) is 5.89. The van der Waals surface area contributed by atoms with E-state index >= 15 is 0 Å². The highest BCUT2D eigenvalue weighted by atomic mass is 35.5. The van der Waals surface area contributed by atoms with Gasteiger partial charge in [0.05, 0.1) is 21.9 Å². The maximum Gasteiger partial charge on any atom is 0.433 e. The molecule has 0 aliphatic carbocycles. The van der Waals surface area contributed by atoms with E-state index in [9.17, 15) is 13.2 Å². The zero-order valence-electron chi connectivity index (χ0n) is 10.0. The van der Waals surface area contributed by atoms with Gasteiger partial charge in [0.1, 0.15) is 5.69 Å². The van der Waals surface area contributed by atoms with Crippen LogP contribution in [0.3, 0.4) is 0 Å². The zero-order chi connectivity index (χ0) is 14.8. The summed E-state index contributed by atoms with van der Waals surface area (Å²) < 4.78 is 37.0. The van der Waals surface area contributed by atoms with Crippen molar-refractivity contribution in [2.45, 2.75) is 12.7 Å². The lowest BCUT2D eigenvalue weighted by molar-refractivity contribution is -0.141. The number of hydrogen-bond acceptors (Lipinski definition) is 2. The van der Waals surface area contributed by atoms with Crippen LogP contribution in [0.1, 0.15) is 11.3 Å². The number of anilines is 1. The first kappa shape index (κ1) is 14.9. The van der Waals surface area contributed by atoms with Crippen LogP contribution < -0.4 is 5.32 Å². The minimum atomic E-state index is -4.43. The Balaban J connectivity index is 2.02. The number of halogens is 5. The molecule has 106 valence electrons. The predicted molar refractivity (Wildman–Crippen MR) is 73.0 cm³/mol. The van der Waals surface area contributed by atoms with Crippen LogP contribution >= 0.6 is 23.2 Å². The zero-order valence-corrected chi connectivity index (χ0v) is 11.5. The van der Waals surface area contributed by atoms with Crippen LogP contribution in [0.4, 0.5) is 18.9 Å². The second-order valence-corrected chi connectivity index (χ2v) is 4.85. The molecule has 0 amide bonds. The second-order valence-electron chi connectivity index (χ2n) is 4.03. The van der Waals surface area contributed by atoms with Gasteiger partial charge in [0.25, 0.3) is 0 Å². The number of benzene rings is 1. The van der Waals surface area contributed by atoms with E-state index in [1.54, 1.807) is 18.2 Å². The molecule has 0 radical (unpaired) electrons. The van der Waals surface area contributed by atoms with Gasteiger partial charge < -0.3 is 5.32 Å². The molecule has 1 aromatic heterocycles. The van der Waals surface area contributed by atoms with Crippen molar-refractivity contribution in [3.63, 3.8) is 0 Å². The smallest absolute Gasteiger partial charge is 0.380 e. The van der Waals surface area contributed by atoms with E-state index < -0.39 is 11.9 Å². The van der Waals surface area contributed by atoms with Gasteiger partial charge in [0.2, 0.25) is 0 Å². The van der Waals surface area contributed by atoms with Gasteiger partial charge in [-0.25, -0.2) is 4.98 Å². The van der Waals surface area contributed by atoms with Crippen molar-refractivity contribution in [2.75, 3.05) is 5.32 Å². The van der Waals surface area contributed by atoms with Gasteiger partial charge in [-0.1, -0.05) is 29.3 Å². The summed E-state index contributed by atoms with van der Waals surface area (Å²) in [4.78, 5) is 3.36. The molecule has 0 saturated carbocycles. The molecule has 1 N–H and O–H groups in total. The van der Waals surface area contributed by atoms with Crippen molar-refractivity contribution < 1.29 is 13.2 Å². The third-order valence-corrected chi connectivity index (χ3v) is 3.27. The lowest BCUT2D eigenvalue weighted by Crippen LogP contribution is -2.08. The molecule has 0 fully saturated rings. The monoisotopic (exact) mass is 320 g/mol. The van der Waals surface area contributed by atoms with Gasteiger partial charge >= 0.3 is 6.18 Å². The molecule has 0 spiro atoms. The van der Waals surface area contributed by atoms with E-state index in [-0.39, 0.29) is 0 Å². The van der Waals surface area contributed by atoms with Crippen molar-refractivity contribution in [2.24, 2.45) is 0 Å². The number of nitrogens with one attached hydrogen (secondary N) is 1. The van der Waals surface area contributed by atoms with Crippen LogP contribution in [0.5, 0.6) is 0 Å². The molecule has 2 aromatic rings. The minimum Gasteiger partial charge on any atom is -0.380 e. The normalized spacial score (nSPS) is 11.4. The van der Waals surface area contributed by atoms with Crippen LogP contribution in [-0.4, -0.2) is 4.98 Å². The summed E-state index contributed by atoms with van der Waals surface area (Å²) in [6, 6.07) is 7.38. The van der Waals surface area contributed by atoms with E-state index in [1.165, 1.54) is 6.07 Å². The number of aromatic nitrogens is 1. The molecule has 0 atom stereocenters. The van der Waals surface area contributed by atoms with E-state index in [2.05, 4.69) is 10.3 Å². The lowest BCUT2D eigenvalue weighted by atomic mass is 10.2. The van der Waals surface area contributed by atoms with Crippen LogP contribution in [0.2, 0.25) is 10.0 Å². The summed E-state index contributed by atoms with van der Waals surface area (Å²) in [6.45, 7) is 0.407. The molecule has 7 heteroatoms. The van der Waals surface area contributed by atoms with E-state index in [1.807, 2.05) is 0 Å². The summed E-state index contributed by atoms with van der Waals surface area (Å²) in [5.74, 6) is 0. The Kier molecular flexibility index (Phi) is 4.40. The Morgan fingerprint density at radius 3 is 2.35 bits per heavy atom. The number of rotatable bonds is 3. The molecule has 20 heavy (non-hydrogen) atoms. The molecule has 0 saturated heterocycles. The number of alkyl halides is 3. The average molecular weight is 321 g/mol. The Bertz CT molecular complexity index is 598. The van der Waals surface area contributed by atoms with Crippen molar-refractivity contribution in [3.8, 4) is 0 Å². The highest BCUT2D eigenvalue weighted by Crippen LogP contribution is 2.28. The van der Waals surface area contributed by atoms with E-state index in [0.29, 0.717) is 22.3 Å². The fourth-order valence-electron chi connectivity index (χ4n) is 1.52. The van der Waals surface area contributed by atoms with Gasteiger partial charge in [0.15, 0.2) is 0 Å². The van der Waals surface area contributed by atoms with Gasteiger partial charge in [-0.15, -0.1) is 0 Å². The van der Waals surface area contributed by atoms with Crippen LogP contribution in [0.25, 0.3) is 0 Å². The third kappa shape index (κ3) is 3.77. The first-order valence-electron chi connectivity index (χ1n) is 5.57. The predicted octanol–water partition coefficient (Wildman–Crippen LogP) is 5.02. The Morgan fingerprint density at radius 2 is 1.80 bits per heavy atom. The van der Waals surface area contributed by atoms with Crippen LogP contribution in [-0.2, 0) is 12.7 Å². The molecule has 0 aliphatic heterocycles. The molecule has 1 aromatic carbocycles. The fraction of sp³-hybridized carbons (Fsp3) is 0.154. The maximum atomic E-state index is 12.3. The molecule has 0 unspecified atom stereocenters. The van der Waals surface area contributed by atoms with Crippen molar-refractivity contribution in [1.82, 2.24) is 4.98 Å². The summed E-state index contributed by atoms with van der Waals surface area (Å²) in [5, 5.41) is 3.83. The van der Waals surface area contributed by atoms with Gasteiger partial charge in [-0.2, -0.15) is 13.2 Å². The van der Waals surface area contributed by atoms with Crippen molar-refractivity contribution in [3.05, 3.63) is 57.8 Å². The van der Waals surface area contributed by atoms with Crippen LogP contribution in [0, 0.1) is 0 Å². The summed E-state index contributed by atoms with van der Waals surface area (Å²) >= 11 is 11.7. The standard InChI is InChI=1S/C13H9Cl2F3N2/c14-10-3-1-8(5-11(10)15)6-19-9-2-4-12(20-7-9)13(16,17)18/h1-5,7,19H,6H2. The number of nitrogens with zero attached hydrogens (tertiary/aromatic N) is 1. The number of pyridine rings is 1. The summed E-state index contributed by atoms with van der Waals surface area (Å²) in [6.07, 6.45) is -3.29. The molecule has 2 rings (SSSR count). The maximum absolute atomic E-state index is 12.3. The summed E-state index contributed by atoms with van der Waals surface area (Å²) in [7, 11) is 0. The molecular weight excluding hydrogens is 312 g/mol. The SMILES string of the molecule is FC(F)(F)c1ccc(NCc2ccc(Cl)c(Cl)c2)cn1. The average Bonchev–Trinajstić information content (AvgIpc) is 2.40. The topological polar surface area (TPSA) is 24.9 Å². The highest BCUT2D eigenvalue weighted by Gasteiger charge is 2.31. The molecule has 1 heterocycles. The minimum absolute atomic E-state index is 0.407. The van der Waals surface area contributed by atoms with Gasteiger partial charge in [-0.05, 0) is 29.8 Å². The third-order valence-electron chi connectivity index (χ3n) is 2.53.